The fourth-order valence-corrected chi connectivity index (χ4v) is 2.09. The van der Waals surface area contributed by atoms with Crippen LogP contribution in [0.4, 0.5) is 5.69 Å². The van der Waals surface area contributed by atoms with Crippen LogP contribution in [-0.4, -0.2) is 21.0 Å². The molecule has 9 heteroatoms. The molecule has 0 saturated heterocycles. The maximum Gasteiger partial charge on any atom is 0.269 e. The van der Waals surface area contributed by atoms with Crippen molar-refractivity contribution in [1.29, 1.82) is 0 Å². The largest absolute Gasteiger partial charge is 0.483 e. The smallest absolute Gasteiger partial charge is 0.269 e. The highest BCUT2D eigenvalue weighted by Crippen LogP contribution is 2.22. The molecule has 2 N–H and O–H groups in total. The topological polar surface area (TPSA) is 134 Å². The summed E-state index contributed by atoms with van der Waals surface area (Å²) in [5.41, 5.74) is 6.04. The Morgan fingerprint density at radius 1 is 1.16 bits per heavy atom. The second-order valence-electron chi connectivity index (χ2n) is 4.95. The fourth-order valence-electron chi connectivity index (χ4n) is 2.09. The van der Waals surface area contributed by atoms with Crippen LogP contribution in [0.15, 0.2) is 52.9 Å². The molecule has 0 spiro atoms. The van der Waals surface area contributed by atoms with Crippen LogP contribution in [0.25, 0.3) is 11.5 Å². The lowest BCUT2D eigenvalue weighted by molar-refractivity contribution is -0.384. The van der Waals surface area contributed by atoms with Crippen molar-refractivity contribution in [1.82, 2.24) is 10.2 Å². The fraction of sp³-hybridized carbons (Fsp3) is 0.0625. The number of hydrogen-bond donors (Lipinski definition) is 1. The number of rotatable bonds is 6. The maximum absolute atomic E-state index is 11.3. The zero-order valence-corrected chi connectivity index (χ0v) is 12.8. The van der Waals surface area contributed by atoms with E-state index in [0.717, 1.165) is 0 Å². The van der Waals surface area contributed by atoms with Crippen LogP contribution in [0.1, 0.15) is 16.2 Å². The first kappa shape index (κ1) is 16.1. The third kappa shape index (κ3) is 3.61. The van der Waals surface area contributed by atoms with Gasteiger partial charge in [-0.2, -0.15) is 0 Å². The Labute approximate surface area is 141 Å². The summed E-state index contributed by atoms with van der Waals surface area (Å²) in [5.74, 6) is 0.0992. The molecule has 2 aromatic carbocycles. The SMILES string of the molecule is NC(=O)c1ccccc1OCc1nnc(-c2ccc([N+](=O)[O-])cc2)o1. The highest BCUT2D eigenvalue weighted by Gasteiger charge is 2.13. The Hall–Kier alpha value is -3.75. The molecule has 3 rings (SSSR count). The van der Waals surface area contributed by atoms with E-state index in [1.165, 1.54) is 24.3 Å². The minimum absolute atomic E-state index is 0.0325. The molecule has 0 aliphatic heterocycles. The number of nitrogens with zero attached hydrogens (tertiary/aromatic N) is 3. The van der Waals surface area contributed by atoms with Gasteiger partial charge >= 0.3 is 0 Å². The normalized spacial score (nSPS) is 10.4. The lowest BCUT2D eigenvalue weighted by Gasteiger charge is -2.06. The molecule has 0 fully saturated rings. The maximum atomic E-state index is 11.3. The summed E-state index contributed by atoms with van der Waals surface area (Å²) in [6.45, 7) is -0.0513. The van der Waals surface area contributed by atoms with Crippen molar-refractivity contribution < 1.29 is 18.9 Å². The Kier molecular flexibility index (Phi) is 4.38. The number of nitro groups is 1. The molecule has 0 bridgehead atoms. The van der Waals surface area contributed by atoms with Crippen LogP contribution in [0.2, 0.25) is 0 Å². The molecule has 126 valence electrons. The van der Waals surface area contributed by atoms with Gasteiger partial charge in [-0.3, -0.25) is 14.9 Å². The van der Waals surface area contributed by atoms with E-state index in [1.54, 1.807) is 24.3 Å². The van der Waals surface area contributed by atoms with Crippen LogP contribution in [0, 0.1) is 10.1 Å². The zero-order chi connectivity index (χ0) is 17.8. The van der Waals surface area contributed by atoms with Crippen molar-refractivity contribution in [2.24, 2.45) is 5.73 Å². The Bertz CT molecular complexity index is 920. The summed E-state index contributed by atoms with van der Waals surface area (Å²) in [7, 11) is 0. The highest BCUT2D eigenvalue weighted by atomic mass is 16.6. The van der Waals surface area contributed by atoms with E-state index in [0.29, 0.717) is 11.3 Å². The van der Waals surface area contributed by atoms with Gasteiger partial charge in [-0.15, -0.1) is 10.2 Å². The number of para-hydroxylation sites is 1. The van der Waals surface area contributed by atoms with E-state index < -0.39 is 10.8 Å². The summed E-state index contributed by atoms with van der Waals surface area (Å²) < 4.78 is 11.0. The second-order valence-corrected chi connectivity index (χ2v) is 4.95. The monoisotopic (exact) mass is 340 g/mol. The molecule has 0 aliphatic carbocycles. The Morgan fingerprint density at radius 2 is 1.88 bits per heavy atom. The van der Waals surface area contributed by atoms with E-state index in [9.17, 15) is 14.9 Å². The molecule has 3 aromatic rings. The van der Waals surface area contributed by atoms with Crippen LogP contribution in [-0.2, 0) is 6.61 Å². The second kappa shape index (κ2) is 6.79. The number of carbonyl (C=O) groups is 1. The van der Waals surface area contributed by atoms with Gasteiger partial charge in [0.25, 0.3) is 17.5 Å². The number of carbonyl (C=O) groups excluding carboxylic acids is 1. The first-order chi connectivity index (χ1) is 12.0. The van der Waals surface area contributed by atoms with Crippen LogP contribution >= 0.6 is 0 Å². The van der Waals surface area contributed by atoms with Crippen molar-refractivity contribution >= 4 is 11.6 Å². The Balaban J connectivity index is 1.72. The Morgan fingerprint density at radius 3 is 2.56 bits per heavy atom. The molecule has 25 heavy (non-hydrogen) atoms. The van der Waals surface area contributed by atoms with Crippen molar-refractivity contribution in [3.05, 3.63) is 70.1 Å². The van der Waals surface area contributed by atoms with Crippen molar-refractivity contribution in [3.8, 4) is 17.2 Å². The van der Waals surface area contributed by atoms with Gasteiger partial charge < -0.3 is 14.9 Å². The highest BCUT2D eigenvalue weighted by molar-refractivity contribution is 5.95. The van der Waals surface area contributed by atoms with Crippen LogP contribution in [0.3, 0.4) is 0 Å². The number of aromatic nitrogens is 2. The van der Waals surface area contributed by atoms with Crippen molar-refractivity contribution in [3.63, 3.8) is 0 Å². The van der Waals surface area contributed by atoms with Gasteiger partial charge in [-0.25, -0.2) is 0 Å². The summed E-state index contributed by atoms with van der Waals surface area (Å²) in [6, 6.07) is 12.3. The van der Waals surface area contributed by atoms with Gasteiger partial charge in [-0.05, 0) is 24.3 Å². The summed E-state index contributed by atoms with van der Waals surface area (Å²) >= 11 is 0. The molecule has 1 amide bonds. The molecular weight excluding hydrogens is 328 g/mol. The van der Waals surface area contributed by atoms with E-state index in [-0.39, 0.29) is 29.6 Å². The van der Waals surface area contributed by atoms with Crippen LogP contribution < -0.4 is 10.5 Å². The molecule has 0 saturated carbocycles. The quantitative estimate of drug-likeness (QED) is 0.537. The molecule has 0 atom stereocenters. The van der Waals surface area contributed by atoms with Gasteiger partial charge in [0.1, 0.15) is 5.75 Å². The average Bonchev–Trinajstić information content (AvgIpc) is 3.09. The van der Waals surface area contributed by atoms with Gasteiger partial charge in [0, 0.05) is 17.7 Å². The molecule has 0 radical (unpaired) electrons. The van der Waals surface area contributed by atoms with E-state index >= 15 is 0 Å². The molecule has 0 aliphatic rings. The lowest BCUT2D eigenvalue weighted by Crippen LogP contribution is -2.12. The third-order valence-corrected chi connectivity index (χ3v) is 3.30. The minimum Gasteiger partial charge on any atom is -0.483 e. The van der Waals surface area contributed by atoms with Crippen molar-refractivity contribution in [2.45, 2.75) is 6.61 Å². The van der Waals surface area contributed by atoms with E-state index in [1.807, 2.05) is 0 Å². The number of nitro benzene ring substituents is 1. The van der Waals surface area contributed by atoms with Crippen molar-refractivity contribution in [2.75, 3.05) is 0 Å². The lowest BCUT2D eigenvalue weighted by atomic mass is 10.2. The summed E-state index contributed by atoms with van der Waals surface area (Å²) in [4.78, 5) is 21.5. The molecule has 0 unspecified atom stereocenters. The third-order valence-electron chi connectivity index (χ3n) is 3.30. The van der Waals surface area contributed by atoms with Gasteiger partial charge in [0.15, 0.2) is 6.61 Å². The average molecular weight is 340 g/mol. The van der Waals surface area contributed by atoms with Gasteiger partial charge in [0.05, 0.1) is 10.5 Å². The zero-order valence-electron chi connectivity index (χ0n) is 12.8. The van der Waals surface area contributed by atoms with Gasteiger partial charge in [-0.1, -0.05) is 12.1 Å². The number of non-ortho nitro benzene ring substituents is 1. The number of nitrogens with two attached hydrogens (primary N) is 1. The number of amides is 1. The predicted octanol–water partition coefficient (Wildman–Crippen LogP) is 2.32. The summed E-state index contributed by atoms with van der Waals surface area (Å²) in [6.07, 6.45) is 0. The number of ether oxygens (including phenoxy) is 1. The summed E-state index contributed by atoms with van der Waals surface area (Å²) in [5, 5.41) is 18.4. The predicted molar refractivity (Wildman–Crippen MR) is 85.7 cm³/mol. The molecule has 1 heterocycles. The first-order valence-corrected chi connectivity index (χ1v) is 7.13. The molecular formula is C16H12N4O5. The number of hydrogen-bond acceptors (Lipinski definition) is 7. The first-order valence-electron chi connectivity index (χ1n) is 7.13. The van der Waals surface area contributed by atoms with E-state index in [2.05, 4.69) is 10.2 Å². The number of benzene rings is 2. The molecule has 9 nitrogen and oxygen atoms in total. The van der Waals surface area contributed by atoms with E-state index in [4.69, 9.17) is 14.9 Å². The minimum atomic E-state index is -0.604. The van der Waals surface area contributed by atoms with Crippen LogP contribution in [0.5, 0.6) is 5.75 Å². The van der Waals surface area contributed by atoms with Gasteiger partial charge in [0.2, 0.25) is 5.89 Å². The molecule has 1 aromatic heterocycles. The number of primary amides is 1. The standard InChI is InChI=1S/C16H12N4O5/c17-15(21)12-3-1-2-4-13(12)24-9-14-18-19-16(25-14)10-5-7-11(8-6-10)20(22)23/h1-8H,9H2,(H2,17,21).